The normalized spacial score (nSPS) is 26.2. The van der Waals surface area contributed by atoms with Gasteiger partial charge in [-0.15, -0.1) is 0 Å². The Hall–Kier alpha value is -0.670. The molecule has 0 radical (unpaired) electrons. The summed E-state index contributed by atoms with van der Waals surface area (Å²) in [6, 6.07) is 0.240. The molecule has 2 saturated carbocycles. The molecule has 0 saturated heterocycles. The second kappa shape index (κ2) is 10.6. The quantitative estimate of drug-likeness (QED) is 0.391. The minimum atomic E-state index is -3.25. The summed E-state index contributed by atoms with van der Waals surface area (Å²) in [5.41, 5.74) is 0. The maximum atomic E-state index is 12.0. The van der Waals surface area contributed by atoms with Crippen LogP contribution in [0.3, 0.4) is 0 Å². The topological polar surface area (TPSA) is 99.7 Å². The van der Waals surface area contributed by atoms with Gasteiger partial charge in [0.2, 0.25) is 10.0 Å². The number of aliphatic imine (C=N–C) groups is 1. The van der Waals surface area contributed by atoms with E-state index >= 15 is 0 Å². The Bertz CT molecular complexity index is 591. The molecule has 3 atom stereocenters. The first-order valence-electron chi connectivity index (χ1n) is 9.75. The lowest BCUT2D eigenvalue weighted by Gasteiger charge is -2.30. The van der Waals surface area contributed by atoms with Crippen molar-refractivity contribution in [2.24, 2.45) is 10.9 Å². The van der Waals surface area contributed by atoms with E-state index < -0.39 is 20.8 Å². The number of sulfonamides is 1. The third-order valence-electron chi connectivity index (χ3n) is 5.33. The van der Waals surface area contributed by atoms with Gasteiger partial charge < -0.3 is 10.6 Å². The summed E-state index contributed by atoms with van der Waals surface area (Å²) in [6.45, 7) is 2.84. The van der Waals surface area contributed by atoms with Gasteiger partial charge in [-0.05, 0) is 38.0 Å². The highest BCUT2D eigenvalue weighted by Gasteiger charge is 2.26. The van der Waals surface area contributed by atoms with E-state index in [1.54, 1.807) is 7.05 Å². The summed E-state index contributed by atoms with van der Waals surface area (Å²) in [6.07, 6.45) is 7.46. The Morgan fingerprint density at radius 2 is 1.92 bits per heavy atom. The van der Waals surface area contributed by atoms with E-state index in [1.165, 1.54) is 6.42 Å². The molecular formula is C17H34N4O3S2. The maximum absolute atomic E-state index is 12.0. The molecule has 0 amide bonds. The number of hydrogen-bond acceptors (Lipinski definition) is 4. The molecule has 0 heterocycles. The van der Waals surface area contributed by atoms with Gasteiger partial charge in [0.05, 0.1) is 5.75 Å². The third kappa shape index (κ3) is 7.15. The molecule has 2 fully saturated rings. The lowest BCUT2D eigenvalue weighted by Crippen LogP contribution is -2.48. The average Bonchev–Trinajstić information content (AvgIpc) is 2.58. The van der Waals surface area contributed by atoms with E-state index in [0.29, 0.717) is 30.7 Å². The van der Waals surface area contributed by atoms with Crippen LogP contribution in [0.25, 0.3) is 0 Å². The SMILES string of the molecule is CCS(=O)C1CCCC(NC(=NC)NCCS(=O)(=O)NCC2CCC2)C1. The molecule has 152 valence electrons. The van der Waals surface area contributed by atoms with Crippen molar-refractivity contribution >= 4 is 26.8 Å². The summed E-state index contributed by atoms with van der Waals surface area (Å²) in [7, 11) is -2.32. The van der Waals surface area contributed by atoms with Crippen LogP contribution in [-0.2, 0) is 20.8 Å². The molecule has 0 spiro atoms. The van der Waals surface area contributed by atoms with E-state index in [2.05, 4.69) is 20.3 Å². The van der Waals surface area contributed by atoms with Gasteiger partial charge in [0.25, 0.3) is 0 Å². The fraction of sp³-hybridized carbons (Fsp3) is 0.941. The van der Waals surface area contributed by atoms with Crippen molar-refractivity contribution in [3.63, 3.8) is 0 Å². The van der Waals surface area contributed by atoms with Crippen molar-refractivity contribution in [3.8, 4) is 0 Å². The van der Waals surface area contributed by atoms with Crippen LogP contribution in [0.15, 0.2) is 4.99 Å². The van der Waals surface area contributed by atoms with Crippen LogP contribution in [0.1, 0.15) is 51.9 Å². The maximum Gasteiger partial charge on any atom is 0.213 e. The minimum Gasteiger partial charge on any atom is -0.355 e. The molecular weight excluding hydrogens is 372 g/mol. The molecule has 0 aliphatic heterocycles. The summed E-state index contributed by atoms with van der Waals surface area (Å²) in [5.74, 6) is 1.87. The molecule has 3 unspecified atom stereocenters. The van der Waals surface area contributed by atoms with Crippen LogP contribution in [0.2, 0.25) is 0 Å². The van der Waals surface area contributed by atoms with Crippen LogP contribution in [0, 0.1) is 5.92 Å². The fourth-order valence-corrected chi connectivity index (χ4v) is 5.81. The molecule has 3 N–H and O–H groups in total. The molecule has 0 bridgehead atoms. The molecule has 0 aromatic rings. The zero-order chi connectivity index (χ0) is 19.0. The van der Waals surface area contributed by atoms with Gasteiger partial charge in [0, 0.05) is 48.0 Å². The van der Waals surface area contributed by atoms with E-state index in [-0.39, 0.29) is 17.0 Å². The molecule has 7 nitrogen and oxygen atoms in total. The van der Waals surface area contributed by atoms with Crippen molar-refractivity contribution < 1.29 is 12.6 Å². The molecule has 0 aromatic heterocycles. The number of nitrogens with zero attached hydrogens (tertiary/aromatic N) is 1. The van der Waals surface area contributed by atoms with Gasteiger partial charge in [-0.1, -0.05) is 19.8 Å². The van der Waals surface area contributed by atoms with E-state index in [1.807, 2.05) is 6.92 Å². The van der Waals surface area contributed by atoms with Gasteiger partial charge >= 0.3 is 0 Å². The Kier molecular flexibility index (Phi) is 8.83. The van der Waals surface area contributed by atoms with Crippen LogP contribution in [0.4, 0.5) is 0 Å². The summed E-state index contributed by atoms with van der Waals surface area (Å²) in [4.78, 5) is 4.19. The van der Waals surface area contributed by atoms with E-state index in [4.69, 9.17) is 0 Å². The Labute approximate surface area is 160 Å². The predicted molar refractivity (Wildman–Crippen MR) is 108 cm³/mol. The van der Waals surface area contributed by atoms with Crippen molar-refractivity contribution in [1.29, 1.82) is 0 Å². The summed E-state index contributed by atoms with van der Waals surface area (Å²) >= 11 is 0. The van der Waals surface area contributed by atoms with Crippen molar-refractivity contribution in [1.82, 2.24) is 15.4 Å². The largest absolute Gasteiger partial charge is 0.355 e. The zero-order valence-electron chi connectivity index (χ0n) is 16.0. The lowest BCUT2D eigenvalue weighted by molar-refractivity contribution is 0.316. The van der Waals surface area contributed by atoms with Crippen LogP contribution in [-0.4, -0.2) is 61.5 Å². The van der Waals surface area contributed by atoms with Gasteiger partial charge in [-0.3, -0.25) is 9.20 Å². The van der Waals surface area contributed by atoms with Gasteiger partial charge in [0.15, 0.2) is 5.96 Å². The minimum absolute atomic E-state index is 0.0353. The first-order valence-corrected chi connectivity index (χ1v) is 12.8. The molecule has 2 rings (SSSR count). The highest BCUT2D eigenvalue weighted by molar-refractivity contribution is 7.89. The Morgan fingerprint density at radius 1 is 1.19 bits per heavy atom. The second-order valence-corrected chi connectivity index (χ2v) is 11.2. The lowest BCUT2D eigenvalue weighted by atomic mass is 9.86. The second-order valence-electron chi connectivity index (χ2n) is 7.26. The number of hydrogen-bond donors (Lipinski definition) is 3. The Morgan fingerprint density at radius 3 is 2.54 bits per heavy atom. The summed E-state index contributed by atoms with van der Waals surface area (Å²) in [5, 5.41) is 6.70. The smallest absolute Gasteiger partial charge is 0.213 e. The van der Waals surface area contributed by atoms with Crippen LogP contribution < -0.4 is 15.4 Å². The van der Waals surface area contributed by atoms with Crippen molar-refractivity contribution in [3.05, 3.63) is 0 Å². The summed E-state index contributed by atoms with van der Waals surface area (Å²) < 4.78 is 38.8. The van der Waals surface area contributed by atoms with Crippen molar-refractivity contribution in [2.45, 2.75) is 63.2 Å². The monoisotopic (exact) mass is 406 g/mol. The first-order chi connectivity index (χ1) is 12.4. The number of nitrogens with one attached hydrogen (secondary N) is 3. The standard InChI is InChI=1S/C17H34N4O3S2/c1-3-25(22)16-9-5-8-15(12-16)21-17(18-2)19-10-11-26(23,24)20-13-14-6-4-7-14/h14-16,20H,3-13H2,1-2H3,(H2,18,19,21). The van der Waals surface area contributed by atoms with Gasteiger partial charge in [0.1, 0.15) is 0 Å². The van der Waals surface area contributed by atoms with Crippen LogP contribution in [0.5, 0.6) is 0 Å². The van der Waals surface area contributed by atoms with Crippen LogP contribution >= 0.6 is 0 Å². The Balaban J connectivity index is 1.70. The van der Waals surface area contributed by atoms with Gasteiger partial charge in [-0.25, -0.2) is 13.1 Å². The molecule has 2 aliphatic carbocycles. The molecule has 2 aliphatic rings. The van der Waals surface area contributed by atoms with E-state index in [0.717, 1.165) is 38.5 Å². The molecule has 26 heavy (non-hydrogen) atoms. The molecule has 9 heteroatoms. The van der Waals surface area contributed by atoms with Gasteiger partial charge in [-0.2, -0.15) is 0 Å². The van der Waals surface area contributed by atoms with E-state index in [9.17, 15) is 12.6 Å². The third-order valence-corrected chi connectivity index (χ3v) is 8.42. The zero-order valence-corrected chi connectivity index (χ0v) is 17.6. The molecule has 0 aromatic carbocycles. The number of guanidine groups is 1. The van der Waals surface area contributed by atoms with Crippen molar-refractivity contribution in [2.75, 3.05) is 31.6 Å². The number of rotatable bonds is 9. The predicted octanol–water partition coefficient (Wildman–Crippen LogP) is 0.951. The highest BCUT2D eigenvalue weighted by Crippen LogP contribution is 2.25. The first kappa shape index (κ1) is 21.6. The average molecular weight is 407 g/mol. The fourth-order valence-electron chi connectivity index (χ4n) is 3.46. The highest BCUT2D eigenvalue weighted by atomic mass is 32.2.